The number of fused-ring (bicyclic) bond motifs is 1. The molecule has 4 heterocycles. The fourth-order valence-electron chi connectivity index (χ4n) is 3.90. The topological polar surface area (TPSA) is 77.6 Å². The molecule has 3 aliphatic rings. The summed E-state index contributed by atoms with van der Waals surface area (Å²) in [5.74, 6) is 0.518. The molecule has 2 fully saturated rings. The van der Waals surface area contributed by atoms with Gasteiger partial charge >= 0.3 is 0 Å². The van der Waals surface area contributed by atoms with Gasteiger partial charge in [0.2, 0.25) is 5.91 Å². The third kappa shape index (κ3) is 2.96. The molecule has 3 aliphatic heterocycles. The van der Waals surface area contributed by atoms with E-state index in [1.807, 2.05) is 4.90 Å². The SMILES string of the molecule is O=C1CNc2ncc(C(=O)N3CCC(N4CCCC4)CC3)cc2N1. The summed E-state index contributed by atoms with van der Waals surface area (Å²) in [6.45, 7) is 4.22. The first-order valence-corrected chi connectivity index (χ1v) is 8.78. The maximum absolute atomic E-state index is 12.7. The van der Waals surface area contributed by atoms with E-state index in [-0.39, 0.29) is 18.4 Å². The van der Waals surface area contributed by atoms with Gasteiger partial charge in [0, 0.05) is 25.3 Å². The maximum atomic E-state index is 12.7. The highest BCUT2D eigenvalue weighted by Gasteiger charge is 2.29. The molecule has 0 aromatic carbocycles. The van der Waals surface area contributed by atoms with Crippen LogP contribution in [0.2, 0.25) is 0 Å². The van der Waals surface area contributed by atoms with Crippen LogP contribution in [-0.2, 0) is 4.79 Å². The number of hydrogen-bond donors (Lipinski definition) is 2. The molecule has 0 aliphatic carbocycles. The molecular weight excluding hydrogens is 306 g/mol. The van der Waals surface area contributed by atoms with Gasteiger partial charge in [-0.05, 0) is 44.8 Å². The smallest absolute Gasteiger partial charge is 0.255 e. The van der Waals surface area contributed by atoms with E-state index in [1.54, 1.807) is 12.3 Å². The average Bonchev–Trinajstić information content (AvgIpc) is 3.15. The first-order chi connectivity index (χ1) is 11.7. The minimum absolute atomic E-state index is 0.00462. The number of rotatable bonds is 2. The summed E-state index contributed by atoms with van der Waals surface area (Å²) >= 11 is 0. The minimum Gasteiger partial charge on any atom is -0.359 e. The summed E-state index contributed by atoms with van der Waals surface area (Å²) in [6.07, 6.45) is 6.29. The van der Waals surface area contributed by atoms with Crippen molar-refractivity contribution >= 4 is 23.3 Å². The van der Waals surface area contributed by atoms with Crippen molar-refractivity contribution in [2.75, 3.05) is 43.4 Å². The summed E-state index contributed by atoms with van der Waals surface area (Å²) in [4.78, 5) is 33.0. The standard InChI is InChI=1S/C17H23N5O2/c23-15-11-19-16-14(20-15)9-12(10-18-16)17(24)22-7-3-13(4-8-22)21-5-1-2-6-21/h9-10,13H,1-8,11H2,(H,18,19)(H,20,23). The zero-order valence-corrected chi connectivity index (χ0v) is 13.8. The molecule has 2 amide bonds. The van der Waals surface area contributed by atoms with E-state index in [0.29, 0.717) is 23.1 Å². The second-order valence-corrected chi connectivity index (χ2v) is 6.79. The Bertz CT molecular complexity index is 648. The monoisotopic (exact) mass is 329 g/mol. The molecule has 0 atom stereocenters. The van der Waals surface area contributed by atoms with Gasteiger partial charge in [-0.25, -0.2) is 4.98 Å². The van der Waals surface area contributed by atoms with Crippen LogP contribution in [0.3, 0.4) is 0 Å². The van der Waals surface area contributed by atoms with E-state index >= 15 is 0 Å². The number of nitrogens with one attached hydrogen (secondary N) is 2. The largest absolute Gasteiger partial charge is 0.359 e. The zero-order chi connectivity index (χ0) is 16.5. The van der Waals surface area contributed by atoms with Gasteiger partial charge in [0.1, 0.15) is 5.82 Å². The Balaban J connectivity index is 1.41. The van der Waals surface area contributed by atoms with Gasteiger partial charge in [-0.3, -0.25) is 9.59 Å². The Hall–Kier alpha value is -2.15. The Morgan fingerprint density at radius 3 is 2.67 bits per heavy atom. The number of amides is 2. The quantitative estimate of drug-likeness (QED) is 0.851. The van der Waals surface area contributed by atoms with E-state index in [0.717, 1.165) is 25.9 Å². The fraction of sp³-hybridized carbons (Fsp3) is 0.588. The molecule has 0 unspecified atom stereocenters. The lowest BCUT2D eigenvalue weighted by Gasteiger charge is -2.36. The van der Waals surface area contributed by atoms with Crippen LogP contribution < -0.4 is 10.6 Å². The first kappa shape index (κ1) is 15.4. The molecule has 1 aromatic rings. The maximum Gasteiger partial charge on any atom is 0.255 e. The van der Waals surface area contributed by atoms with Crippen molar-refractivity contribution in [3.63, 3.8) is 0 Å². The fourth-order valence-corrected chi connectivity index (χ4v) is 3.90. The molecule has 2 saturated heterocycles. The molecular formula is C17H23N5O2. The van der Waals surface area contributed by atoms with Crippen molar-refractivity contribution in [3.05, 3.63) is 17.8 Å². The molecule has 128 valence electrons. The lowest BCUT2D eigenvalue weighted by Crippen LogP contribution is -2.46. The summed E-state index contributed by atoms with van der Waals surface area (Å²) in [6, 6.07) is 2.35. The average molecular weight is 329 g/mol. The van der Waals surface area contributed by atoms with Crippen LogP contribution in [0.15, 0.2) is 12.3 Å². The molecule has 0 saturated carbocycles. The van der Waals surface area contributed by atoms with Crippen molar-refractivity contribution in [2.24, 2.45) is 0 Å². The molecule has 24 heavy (non-hydrogen) atoms. The normalized spacial score (nSPS) is 22.0. The van der Waals surface area contributed by atoms with Crippen LogP contribution in [-0.4, -0.2) is 65.4 Å². The molecule has 2 N–H and O–H groups in total. The number of nitrogens with zero attached hydrogens (tertiary/aromatic N) is 3. The van der Waals surface area contributed by atoms with Gasteiger partial charge < -0.3 is 20.4 Å². The van der Waals surface area contributed by atoms with Crippen molar-refractivity contribution in [1.29, 1.82) is 0 Å². The molecule has 7 heteroatoms. The van der Waals surface area contributed by atoms with Gasteiger partial charge in [-0.2, -0.15) is 0 Å². The van der Waals surface area contributed by atoms with Gasteiger partial charge in [-0.15, -0.1) is 0 Å². The van der Waals surface area contributed by atoms with Crippen LogP contribution in [0.25, 0.3) is 0 Å². The molecule has 0 bridgehead atoms. The Morgan fingerprint density at radius 2 is 1.92 bits per heavy atom. The Labute approximate surface area is 141 Å². The second kappa shape index (κ2) is 6.39. The number of aromatic nitrogens is 1. The van der Waals surface area contributed by atoms with E-state index in [4.69, 9.17) is 0 Å². The van der Waals surface area contributed by atoms with Crippen LogP contribution in [0, 0.1) is 0 Å². The molecule has 0 radical (unpaired) electrons. The van der Waals surface area contributed by atoms with Crippen molar-refractivity contribution in [1.82, 2.24) is 14.8 Å². The van der Waals surface area contributed by atoms with Crippen LogP contribution in [0.4, 0.5) is 11.5 Å². The number of pyridine rings is 1. The minimum atomic E-state index is -0.111. The second-order valence-electron chi connectivity index (χ2n) is 6.79. The van der Waals surface area contributed by atoms with Crippen molar-refractivity contribution in [2.45, 2.75) is 31.7 Å². The van der Waals surface area contributed by atoms with Gasteiger partial charge in [0.25, 0.3) is 5.91 Å². The third-order valence-corrected chi connectivity index (χ3v) is 5.23. The highest BCUT2D eigenvalue weighted by molar-refractivity contribution is 6.02. The zero-order valence-electron chi connectivity index (χ0n) is 13.8. The number of likely N-dealkylation sites (tertiary alicyclic amines) is 2. The predicted octanol–water partition coefficient (Wildman–Crippen LogP) is 1.15. The van der Waals surface area contributed by atoms with Gasteiger partial charge in [0.05, 0.1) is 17.8 Å². The lowest BCUT2D eigenvalue weighted by molar-refractivity contribution is -0.114. The number of anilines is 2. The first-order valence-electron chi connectivity index (χ1n) is 8.78. The Morgan fingerprint density at radius 1 is 1.17 bits per heavy atom. The van der Waals surface area contributed by atoms with E-state index in [1.165, 1.54) is 25.9 Å². The number of carbonyl (C=O) groups excluding carboxylic acids is 2. The van der Waals surface area contributed by atoms with Crippen LogP contribution in [0.1, 0.15) is 36.0 Å². The summed E-state index contributed by atoms with van der Waals surface area (Å²) in [5.41, 5.74) is 1.13. The lowest BCUT2D eigenvalue weighted by atomic mass is 10.0. The third-order valence-electron chi connectivity index (χ3n) is 5.23. The summed E-state index contributed by atoms with van der Waals surface area (Å²) in [7, 11) is 0. The van der Waals surface area contributed by atoms with Crippen molar-refractivity contribution in [3.8, 4) is 0 Å². The van der Waals surface area contributed by atoms with Crippen LogP contribution >= 0.6 is 0 Å². The van der Waals surface area contributed by atoms with E-state index < -0.39 is 0 Å². The number of carbonyl (C=O) groups is 2. The van der Waals surface area contributed by atoms with Crippen molar-refractivity contribution < 1.29 is 9.59 Å². The highest BCUT2D eigenvalue weighted by atomic mass is 16.2. The molecule has 4 rings (SSSR count). The van der Waals surface area contributed by atoms with Gasteiger partial charge in [0.15, 0.2) is 0 Å². The molecule has 0 spiro atoms. The van der Waals surface area contributed by atoms with Crippen LogP contribution in [0.5, 0.6) is 0 Å². The highest BCUT2D eigenvalue weighted by Crippen LogP contribution is 2.25. The van der Waals surface area contributed by atoms with E-state index in [2.05, 4.69) is 20.5 Å². The van der Waals surface area contributed by atoms with Gasteiger partial charge in [-0.1, -0.05) is 0 Å². The summed E-state index contributed by atoms with van der Waals surface area (Å²) < 4.78 is 0. The molecule has 7 nitrogen and oxygen atoms in total. The summed E-state index contributed by atoms with van der Waals surface area (Å²) in [5, 5.41) is 5.70. The number of piperidine rings is 1. The Kier molecular flexibility index (Phi) is 4.10. The molecule has 1 aromatic heterocycles. The van der Waals surface area contributed by atoms with E-state index in [9.17, 15) is 9.59 Å². The number of hydrogen-bond acceptors (Lipinski definition) is 5. The predicted molar refractivity (Wildman–Crippen MR) is 91.1 cm³/mol.